The van der Waals surface area contributed by atoms with Gasteiger partial charge in [0.25, 0.3) is 5.91 Å². The first-order valence-corrected chi connectivity index (χ1v) is 9.52. The van der Waals surface area contributed by atoms with Crippen LogP contribution in [0.2, 0.25) is 0 Å². The summed E-state index contributed by atoms with van der Waals surface area (Å²) in [6.07, 6.45) is 3.44. The van der Waals surface area contributed by atoms with Crippen molar-refractivity contribution < 1.29 is 9.59 Å². The Labute approximate surface area is 165 Å². The van der Waals surface area contributed by atoms with E-state index in [2.05, 4.69) is 39.6 Å². The Kier molecular flexibility index (Phi) is 6.68. The molecule has 0 radical (unpaired) electrons. The van der Waals surface area contributed by atoms with Crippen molar-refractivity contribution in [2.75, 3.05) is 29.9 Å². The molecule has 1 aliphatic rings. The van der Waals surface area contributed by atoms with E-state index >= 15 is 0 Å². The Bertz CT molecular complexity index is 797. The Balaban J connectivity index is 1.44. The molecule has 146 valence electrons. The normalized spacial score (nSPS) is 14.2. The molecule has 3 amide bonds. The first kappa shape index (κ1) is 19.5. The van der Waals surface area contributed by atoms with Gasteiger partial charge in [0, 0.05) is 42.6 Å². The van der Waals surface area contributed by atoms with Crippen molar-refractivity contribution in [2.45, 2.75) is 18.9 Å². The second-order valence-electron chi connectivity index (χ2n) is 6.77. The number of rotatable bonds is 6. The van der Waals surface area contributed by atoms with Crippen molar-refractivity contribution in [3.8, 4) is 0 Å². The maximum Gasteiger partial charge on any atom is 0.319 e. The standard InChI is InChI=1S/C22H26N4O2/c1-2-14-23-21(27)17-8-10-18(11-9-17)24-22(28)25-19-12-15-26(16-13-19)20-6-4-3-5-7-20/h2-11,19H,1,12-16H2,(H,23,27)(H2,24,25,28). The predicted octanol–water partition coefficient (Wildman–Crippen LogP) is 3.39. The second kappa shape index (κ2) is 9.60. The number of hydrogen-bond donors (Lipinski definition) is 3. The maximum atomic E-state index is 12.3. The lowest BCUT2D eigenvalue weighted by molar-refractivity contribution is 0.0958. The fourth-order valence-corrected chi connectivity index (χ4v) is 3.25. The fourth-order valence-electron chi connectivity index (χ4n) is 3.25. The number of nitrogens with one attached hydrogen (secondary N) is 3. The molecule has 0 aromatic heterocycles. The molecule has 6 nitrogen and oxygen atoms in total. The maximum absolute atomic E-state index is 12.3. The topological polar surface area (TPSA) is 73.5 Å². The molecule has 2 aromatic carbocycles. The van der Waals surface area contributed by atoms with Crippen molar-refractivity contribution in [3.05, 3.63) is 72.8 Å². The minimum atomic E-state index is -0.220. The number of hydrogen-bond acceptors (Lipinski definition) is 3. The Morgan fingerprint density at radius 2 is 1.71 bits per heavy atom. The summed E-state index contributed by atoms with van der Waals surface area (Å²) in [6, 6.07) is 17.1. The van der Waals surface area contributed by atoms with E-state index in [-0.39, 0.29) is 18.0 Å². The Morgan fingerprint density at radius 1 is 1.04 bits per heavy atom. The second-order valence-corrected chi connectivity index (χ2v) is 6.77. The Morgan fingerprint density at radius 3 is 2.36 bits per heavy atom. The summed E-state index contributed by atoms with van der Waals surface area (Å²) in [4.78, 5) is 26.5. The lowest BCUT2D eigenvalue weighted by Gasteiger charge is -2.33. The van der Waals surface area contributed by atoms with Gasteiger partial charge in [0.15, 0.2) is 0 Å². The van der Waals surface area contributed by atoms with Crippen LogP contribution < -0.4 is 20.9 Å². The monoisotopic (exact) mass is 378 g/mol. The summed E-state index contributed by atoms with van der Waals surface area (Å²) in [6.45, 7) is 5.83. The highest BCUT2D eigenvalue weighted by Crippen LogP contribution is 2.19. The number of carbonyl (C=O) groups excluding carboxylic acids is 2. The van der Waals surface area contributed by atoms with Gasteiger partial charge in [-0.15, -0.1) is 6.58 Å². The molecule has 1 heterocycles. The van der Waals surface area contributed by atoms with Gasteiger partial charge in [-0.2, -0.15) is 0 Å². The van der Waals surface area contributed by atoms with Gasteiger partial charge in [-0.25, -0.2) is 4.79 Å². The van der Waals surface area contributed by atoms with Crippen LogP contribution in [-0.2, 0) is 0 Å². The van der Waals surface area contributed by atoms with E-state index in [0.717, 1.165) is 25.9 Å². The number of piperidine rings is 1. The number of urea groups is 1. The molecule has 3 N–H and O–H groups in total. The summed E-state index contributed by atoms with van der Waals surface area (Å²) in [7, 11) is 0. The zero-order valence-electron chi connectivity index (χ0n) is 15.9. The molecule has 3 rings (SSSR count). The van der Waals surface area contributed by atoms with Gasteiger partial charge < -0.3 is 20.9 Å². The SMILES string of the molecule is C=CCNC(=O)c1ccc(NC(=O)NC2CCN(c3ccccc3)CC2)cc1. The minimum absolute atomic E-state index is 0.156. The van der Waals surface area contributed by atoms with Crippen LogP contribution >= 0.6 is 0 Å². The van der Waals surface area contributed by atoms with Crippen LogP contribution in [0.1, 0.15) is 23.2 Å². The van der Waals surface area contributed by atoms with E-state index in [0.29, 0.717) is 17.8 Å². The third kappa shape index (κ3) is 5.36. The van der Waals surface area contributed by atoms with Crippen LogP contribution in [0.4, 0.5) is 16.2 Å². The van der Waals surface area contributed by atoms with Gasteiger partial charge in [0.05, 0.1) is 0 Å². The average molecular weight is 378 g/mol. The molecule has 0 unspecified atom stereocenters. The lowest BCUT2D eigenvalue weighted by Crippen LogP contribution is -2.46. The van der Waals surface area contributed by atoms with Crippen molar-refractivity contribution in [3.63, 3.8) is 0 Å². The van der Waals surface area contributed by atoms with E-state index in [1.807, 2.05) is 18.2 Å². The van der Waals surface area contributed by atoms with E-state index in [1.54, 1.807) is 30.3 Å². The summed E-state index contributed by atoms with van der Waals surface area (Å²) in [5.74, 6) is -0.166. The highest BCUT2D eigenvalue weighted by atomic mass is 16.2. The van der Waals surface area contributed by atoms with Gasteiger partial charge in [0.2, 0.25) is 0 Å². The predicted molar refractivity (Wildman–Crippen MR) is 113 cm³/mol. The van der Waals surface area contributed by atoms with E-state index in [4.69, 9.17) is 0 Å². The molecule has 1 saturated heterocycles. The third-order valence-electron chi connectivity index (χ3n) is 4.76. The first-order chi connectivity index (χ1) is 13.7. The van der Waals surface area contributed by atoms with Crippen molar-refractivity contribution in [2.24, 2.45) is 0 Å². The van der Waals surface area contributed by atoms with E-state index in [1.165, 1.54) is 5.69 Å². The molecule has 1 fully saturated rings. The lowest BCUT2D eigenvalue weighted by atomic mass is 10.0. The van der Waals surface area contributed by atoms with E-state index < -0.39 is 0 Å². The average Bonchev–Trinajstić information content (AvgIpc) is 2.73. The number of para-hydroxylation sites is 1. The summed E-state index contributed by atoms with van der Waals surface area (Å²) < 4.78 is 0. The zero-order chi connectivity index (χ0) is 19.8. The molecule has 28 heavy (non-hydrogen) atoms. The molecule has 0 spiro atoms. The van der Waals surface area contributed by atoms with E-state index in [9.17, 15) is 9.59 Å². The number of carbonyl (C=O) groups is 2. The van der Waals surface area contributed by atoms with Crippen LogP contribution in [0.25, 0.3) is 0 Å². The quantitative estimate of drug-likeness (QED) is 0.675. The summed E-state index contributed by atoms with van der Waals surface area (Å²) in [5, 5.41) is 8.59. The van der Waals surface area contributed by atoms with Crippen LogP contribution in [-0.4, -0.2) is 37.6 Å². The molecule has 6 heteroatoms. The number of benzene rings is 2. The van der Waals surface area contributed by atoms with Crippen LogP contribution in [0.3, 0.4) is 0 Å². The third-order valence-corrected chi connectivity index (χ3v) is 4.76. The van der Waals surface area contributed by atoms with Crippen LogP contribution in [0.5, 0.6) is 0 Å². The van der Waals surface area contributed by atoms with Gasteiger partial charge in [0.1, 0.15) is 0 Å². The first-order valence-electron chi connectivity index (χ1n) is 9.52. The van der Waals surface area contributed by atoms with Gasteiger partial charge in [-0.3, -0.25) is 4.79 Å². The highest BCUT2D eigenvalue weighted by Gasteiger charge is 2.20. The van der Waals surface area contributed by atoms with Crippen molar-refractivity contribution in [1.29, 1.82) is 0 Å². The van der Waals surface area contributed by atoms with Gasteiger partial charge in [-0.05, 0) is 49.2 Å². The van der Waals surface area contributed by atoms with Crippen LogP contribution in [0, 0.1) is 0 Å². The number of amides is 3. The molecular formula is C22H26N4O2. The molecule has 0 atom stereocenters. The molecule has 2 aromatic rings. The summed E-state index contributed by atoms with van der Waals surface area (Å²) in [5.41, 5.74) is 2.42. The smallest absolute Gasteiger partial charge is 0.319 e. The van der Waals surface area contributed by atoms with Crippen LogP contribution in [0.15, 0.2) is 67.3 Å². The van der Waals surface area contributed by atoms with Gasteiger partial charge in [-0.1, -0.05) is 24.3 Å². The number of nitrogens with zero attached hydrogens (tertiary/aromatic N) is 1. The van der Waals surface area contributed by atoms with Gasteiger partial charge >= 0.3 is 6.03 Å². The molecule has 0 bridgehead atoms. The molecular weight excluding hydrogens is 352 g/mol. The largest absolute Gasteiger partial charge is 0.371 e. The molecule has 0 saturated carbocycles. The highest BCUT2D eigenvalue weighted by molar-refractivity contribution is 5.95. The molecule has 1 aliphatic heterocycles. The van der Waals surface area contributed by atoms with Crippen molar-refractivity contribution in [1.82, 2.24) is 10.6 Å². The number of anilines is 2. The fraction of sp³-hybridized carbons (Fsp3) is 0.273. The van der Waals surface area contributed by atoms with Crippen molar-refractivity contribution >= 4 is 23.3 Å². The Hall–Kier alpha value is -3.28. The molecule has 0 aliphatic carbocycles. The zero-order valence-corrected chi connectivity index (χ0v) is 15.9. The minimum Gasteiger partial charge on any atom is -0.371 e. The summed E-state index contributed by atoms with van der Waals surface area (Å²) >= 11 is 0.